The molecule has 0 bridgehead atoms. The Morgan fingerprint density at radius 1 is 1.38 bits per heavy atom. The number of piperidine rings is 1. The van der Waals surface area contributed by atoms with Crippen molar-refractivity contribution < 1.29 is 4.79 Å². The molecule has 0 aromatic heterocycles. The van der Waals surface area contributed by atoms with Crippen LogP contribution in [0.4, 0.5) is 0 Å². The van der Waals surface area contributed by atoms with Crippen LogP contribution in [0.25, 0.3) is 0 Å². The molecule has 0 radical (unpaired) electrons. The highest BCUT2D eigenvalue weighted by Gasteiger charge is 2.32. The van der Waals surface area contributed by atoms with Crippen molar-refractivity contribution in [1.82, 2.24) is 4.90 Å². The SMILES string of the molecule is CCCCCCC1CCCC2=CCC(=O)N21. The van der Waals surface area contributed by atoms with Crippen molar-refractivity contribution in [3.63, 3.8) is 0 Å². The zero-order valence-electron chi connectivity index (χ0n) is 10.4. The average Bonchev–Trinajstić information content (AvgIpc) is 2.68. The number of unbranched alkanes of at least 4 members (excludes halogenated alkanes) is 3. The van der Waals surface area contributed by atoms with E-state index in [1.165, 1.54) is 50.6 Å². The van der Waals surface area contributed by atoms with Crippen LogP contribution in [0.15, 0.2) is 11.8 Å². The molecule has 0 aromatic rings. The molecule has 0 aromatic carbocycles. The van der Waals surface area contributed by atoms with Gasteiger partial charge in [0.15, 0.2) is 0 Å². The monoisotopic (exact) mass is 221 g/mol. The van der Waals surface area contributed by atoms with Gasteiger partial charge in [0.2, 0.25) is 5.91 Å². The second kappa shape index (κ2) is 5.51. The van der Waals surface area contributed by atoms with Gasteiger partial charge in [0.05, 0.1) is 0 Å². The van der Waals surface area contributed by atoms with Gasteiger partial charge in [-0.05, 0) is 25.7 Å². The van der Waals surface area contributed by atoms with Crippen molar-refractivity contribution in [3.05, 3.63) is 11.8 Å². The molecule has 1 fully saturated rings. The third-order valence-electron chi connectivity index (χ3n) is 3.82. The first kappa shape index (κ1) is 11.7. The Hall–Kier alpha value is -0.790. The molecule has 2 heteroatoms. The highest BCUT2D eigenvalue weighted by atomic mass is 16.2. The number of carbonyl (C=O) groups is 1. The molecule has 0 saturated carbocycles. The average molecular weight is 221 g/mol. The van der Waals surface area contributed by atoms with Gasteiger partial charge < -0.3 is 4.90 Å². The predicted molar refractivity (Wildman–Crippen MR) is 65.9 cm³/mol. The van der Waals surface area contributed by atoms with Crippen molar-refractivity contribution in [2.75, 3.05) is 0 Å². The number of hydrogen-bond donors (Lipinski definition) is 0. The summed E-state index contributed by atoms with van der Waals surface area (Å²) in [6.45, 7) is 2.24. The second-order valence-electron chi connectivity index (χ2n) is 5.06. The van der Waals surface area contributed by atoms with Crippen molar-refractivity contribution in [1.29, 1.82) is 0 Å². The fraction of sp³-hybridized carbons (Fsp3) is 0.786. The fourth-order valence-electron chi connectivity index (χ4n) is 2.95. The number of fused-ring (bicyclic) bond motifs is 1. The number of nitrogens with zero attached hydrogens (tertiary/aromatic N) is 1. The van der Waals surface area contributed by atoms with Crippen LogP contribution in [-0.2, 0) is 4.79 Å². The van der Waals surface area contributed by atoms with Gasteiger partial charge in [0, 0.05) is 18.2 Å². The van der Waals surface area contributed by atoms with Crippen molar-refractivity contribution in [3.8, 4) is 0 Å². The third kappa shape index (κ3) is 2.47. The van der Waals surface area contributed by atoms with Gasteiger partial charge in [-0.15, -0.1) is 0 Å². The smallest absolute Gasteiger partial charge is 0.230 e. The molecular formula is C14H23NO. The van der Waals surface area contributed by atoms with Crippen LogP contribution in [0.1, 0.15) is 64.7 Å². The van der Waals surface area contributed by atoms with E-state index in [0.717, 1.165) is 6.42 Å². The second-order valence-corrected chi connectivity index (χ2v) is 5.06. The maximum absolute atomic E-state index is 11.8. The van der Waals surface area contributed by atoms with Crippen molar-refractivity contribution >= 4 is 5.91 Å². The molecule has 1 unspecified atom stereocenters. The van der Waals surface area contributed by atoms with E-state index in [2.05, 4.69) is 17.9 Å². The molecule has 1 amide bonds. The number of carbonyl (C=O) groups excluding carboxylic acids is 1. The van der Waals surface area contributed by atoms with Gasteiger partial charge in [0.25, 0.3) is 0 Å². The Morgan fingerprint density at radius 2 is 2.25 bits per heavy atom. The first-order valence-corrected chi connectivity index (χ1v) is 6.84. The van der Waals surface area contributed by atoms with Gasteiger partial charge in [-0.1, -0.05) is 38.7 Å². The van der Waals surface area contributed by atoms with Gasteiger partial charge in [0.1, 0.15) is 0 Å². The highest BCUT2D eigenvalue weighted by Crippen LogP contribution is 2.33. The maximum atomic E-state index is 11.8. The minimum Gasteiger partial charge on any atom is -0.313 e. The minimum absolute atomic E-state index is 0.343. The van der Waals surface area contributed by atoms with Crippen molar-refractivity contribution in [2.24, 2.45) is 0 Å². The zero-order valence-corrected chi connectivity index (χ0v) is 10.4. The number of amides is 1. The summed E-state index contributed by atoms with van der Waals surface area (Å²) in [6.07, 6.45) is 12.9. The van der Waals surface area contributed by atoms with Gasteiger partial charge in [-0.2, -0.15) is 0 Å². The molecule has 16 heavy (non-hydrogen) atoms. The minimum atomic E-state index is 0.343. The van der Waals surface area contributed by atoms with Crippen molar-refractivity contribution in [2.45, 2.75) is 70.8 Å². The lowest BCUT2D eigenvalue weighted by Crippen LogP contribution is -2.39. The Kier molecular flexibility index (Phi) is 4.03. The van der Waals surface area contributed by atoms with Gasteiger partial charge in [-0.25, -0.2) is 0 Å². The molecule has 2 aliphatic rings. The molecule has 2 heterocycles. The lowest BCUT2D eigenvalue weighted by Gasteiger charge is -2.35. The largest absolute Gasteiger partial charge is 0.313 e. The van der Waals surface area contributed by atoms with Crippen LogP contribution in [0.5, 0.6) is 0 Å². The van der Waals surface area contributed by atoms with Crippen LogP contribution in [0.3, 0.4) is 0 Å². The molecule has 0 spiro atoms. The molecule has 1 saturated heterocycles. The molecule has 2 rings (SSSR count). The summed E-state index contributed by atoms with van der Waals surface area (Å²) < 4.78 is 0. The normalized spacial score (nSPS) is 24.6. The summed E-state index contributed by atoms with van der Waals surface area (Å²) in [6, 6.07) is 0.520. The van der Waals surface area contributed by atoms with E-state index in [1.807, 2.05) is 0 Å². The van der Waals surface area contributed by atoms with Gasteiger partial charge >= 0.3 is 0 Å². The Balaban J connectivity index is 1.84. The molecular weight excluding hydrogens is 198 g/mol. The topological polar surface area (TPSA) is 20.3 Å². The standard InChI is InChI=1S/C14H23NO/c1-2-3-4-5-7-12-8-6-9-13-10-11-14(16)15(12)13/h10,12H,2-9,11H2,1H3. The maximum Gasteiger partial charge on any atom is 0.230 e. The summed E-state index contributed by atoms with van der Waals surface area (Å²) in [5, 5.41) is 0. The molecule has 1 atom stereocenters. The summed E-state index contributed by atoms with van der Waals surface area (Å²) in [5.41, 5.74) is 1.32. The number of rotatable bonds is 5. The van der Waals surface area contributed by atoms with E-state index in [9.17, 15) is 4.79 Å². The lowest BCUT2D eigenvalue weighted by atomic mass is 9.95. The van der Waals surface area contributed by atoms with Crippen LogP contribution >= 0.6 is 0 Å². The Bertz CT molecular complexity index is 282. The summed E-state index contributed by atoms with van der Waals surface area (Å²) in [4.78, 5) is 13.9. The fourth-order valence-corrected chi connectivity index (χ4v) is 2.95. The van der Waals surface area contributed by atoms with Crippen LogP contribution in [0.2, 0.25) is 0 Å². The van der Waals surface area contributed by atoms with Crippen LogP contribution < -0.4 is 0 Å². The first-order chi connectivity index (χ1) is 7.83. The van der Waals surface area contributed by atoms with E-state index in [-0.39, 0.29) is 0 Å². The quantitative estimate of drug-likeness (QED) is 0.649. The Labute approximate surface area is 98.7 Å². The number of allylic oxidation sites excluding steroid dienone is 1. The first-order valence-electron chi connectivity index (χ1n) is 6.84. The highest BCUT2D eigenvalue weighted by molar-refractivity contribution is 5.83. The van der Waals surface area contributed by atoms with E-state index < -0.39 is 0 Å². The zero-order chi connectivity index (χ0) is 11.4. The van der Waals surface area contributed by atoms with Gasteiger partial charge in [-0.3, -0.25) is 4.79 Å². The third-order valence-corrected chi connectivity index (χ3v) is 3.82. The Morgan fingerprint density at radius 3 is 3.06 bits per heavy atom. The van der Waals surface area contributed by atoms with E-state index >= 15 is 0 Å². The molecule has 0 aliphatic carbocycles. The van der Waals surface area contributed by atoms with E-state index in [1.54, 1.807) is 0 Å². The number of hydrogen-bond acceptors (Lipinski definition) is 1. The molecule has 2 aliphatic heterocycles. The van der Waals surface area contributed by atoms with Crippen LogP contribution in [0, 0.1) is 0 Å². The van der Waals surface area contributed by atoms with E-state index in [0.29, 0.717) is 18.4 Å². The molecule has 0 N–H and O–H groups in total. The lowest BCUT2D eigenvalue weighted by molar-refractivity contribution is -0.129. The van der Waals surface area contributed by atoms with Crippen LogP contribution in [-0.4, -0.2) is 16.8 Å². The predicted octanol–water partition coefficient (Wildman–Crippen LogP) is 3.63. The summed E-state index contributed by atoms with van der Waals surface area (Å²) >= 11 is 0. The molecule has 90 valence electrons. The molecule has 2 nitrogen and oxygen atoms in total. The van der Waals surface area contributed by atoms with E-state index in [4.69, 9.17) is 0 Å². The summed E-state index contributed by atoms with van der Waals surface area (Å²) in [5.74, 6) is 0.343. The summed E-state index contributed by atoms with van der Waals surface area (Å²) in [7, 11) is 0.